The zero-order valence-electron chi connectivity index (χ0n) is 24.2. The fraction of sp³-hybridized carbons (Fsp3) is 0.516. The molecule has 1 N–H and O–H groups in total. The van der Waals surface area contributed by atoms with Crippen LogP contribution in [0, 0.1) is 0 Å². The predicted octanol–water partition coefficient (Wildman–Crippen LogP) is 5.30. The van der Waals surface area contributed by atoms with Crippen molar-refractivity contribution in [2.24, 2.45) is 0 Å². The van der Waals surface area contributed by atoms with Gasteiger partial charge in [-0.3, -0.25) is 9.69 Å². The maximum Gasteiger partial charge on any atom is 0.393 e. The molecule has 0 saturated carbocycles. The van der Waals surface area contributed by atoms with Gasteiger partial charge in [-0.05, 0) is 93.8 Å². The number of alkyl halides is 3. The molecule has 2 aromatic carbocycles. The number of ether oxygens (including phenoxy) is 2. The van der Waals surface area contributed by atoms with Crippen molar-refractivity contribution in [3.05, 3.63) is 47.5 Å². The van der Waals surface area contributed by atoms with Crippen LogP contribution in [-0.4, -0.2) is 98.8 Å². The number of carbonyl (C=O) groups is 1. The number of H-pyrrole nitrogens is 1. The van der Waals surface area contributed by atoms with E-state index < -0.39 is 12.6 Å². The number of halogens is 3. The van der Waals surface area contributed by atoms with Gasteiger partial charge in [0.05, 0.1) is 32.9 Å². The first-order chi connectivity index (χ1) is 19.6. The van der Waals surface area contributed by atoms with Crippen molar-refractivity contribution >= 4 is 16.8 Å². The van der Waals surface area contributed by atoms with E-state index in [1.807, 2.05) is 23.1 Å². The molecule has 0 aliphatic carbocycles. The first-order valence-corrected chi connectivity index (χ1v) is 14.2. The molecule has 10 heteroatoms. The number of aromatic nitrogens is 1. The smallest absolute Gasteiger partial charge is 0.393 e. The third-order valence-corrected chi connectivity index (χ3v) is 8.64. The number of methoxy groups -OCH3 is 2. The number of hydrogen-bond acceptors (Lipinski definition) is 5. The summed E-state index contributed by atoms with van der Waals surface area (Å²) in [4.78, 5) is 22.5. The van der Waals surface area contributed by atoms with E-state index in [1.165, 1.54) is 14.2 Å². The van der Waals surface area contributed by atoms with Crippen LogP contribution in [-0.2, 0) is 11.2 Å². The summed E-state index contributed by atoms with van der Waals surface area (Å²) in [6.45, 7) is 3.59. The van der Waals surface area contributed by atoms with Crippen LogP contribution in [0.1, 0.15) is 36.3 Å². The second-order valence-corrected chi connectivity index (χ2v) is 11.4. The van der Waals surface area contributed by atoms with E-state index in [9.17, 15) is 18.0 Å². The number of carbonyl (C=O) groups excluding carboxylic acids is 1. The molecule has 3 aromatic rings. The summed E-state index contributed by atoms with van der Waals surface area (Å²) >= 11 is 0. The Morgan fingerprint density at radius 3 is 2.37 bits per heavy atom. The first-order valence-electron chi connectivity index (χ1n) is 14.2. The molecular formula is C31H39F3N4O3. The lowest BCUT2D eigenvalue weighted by molar-refractivity contribution is -0.131. The molecule has 0 spiro atoms. The number of likely N-dealkylation sites (tertiary alicyclic amines) is 2. The number of nitrogens with one attached hydrogen (secondary N) is 1. The lowest BCUT2D eigenvalue weighted by Gasteiger charge is -2.33. The molecule has 41 heavy (non-hydrogen) atoms. The molecule has 1 atom stereocenters. The van der Waals surface area contributed by atoms with Crippen LogP contribution in [0.25, 0.3) is 22.2 Å². The topological polar surface area (TPSA) is 61.0 Å². The van der Waals surface area contributed by atoms with Crippen LogP contribution < -0.4 is 9.47 Å². The Balaban J connectivity index is 1.33. The van der Waals surface area contributed by atoms with Gasteiger partial charge in [0, 0.05) is 35.6 Å². The fourth-order valence-corrected chi connectivity index (χ4v) is 6.25. The van der Waals surface area contributed by atoms with E-state index in [-0.39, 0.29) is 17.4 Å². The van der Waals surface area contributed by atoms with E-state index >= 15 is 0 Å². The second-order valence-electron chi connectivity index (χ2n) is 11.4. The Labute approximate surface area is 239 Å². The lowest BCUT2D eigenvalue weighted by Crippen LogP contribution is -2.43. The maximum absolute atomic E-state index is 13.8. The fourth-order valence-electron chi connectivity index (χ4n) is 6.25. The van der Waals surface area contributed by atoms with Crippen molar-refractivity contribution in [2.75, 3.05) is 61.0 Å². The molecule has 2 aliphatic rings. The van der Waals surface area contributed by atoms with Crippen molar-refractivity contribution in [3.63, 3.8) is 0 Å². The summed E-state index contributed by atoms with van der Waals surface area (Å²) in [5, 5.41) is 0.590. The Hall–Kier alpha value is -3.24. The number of hydrogen-bond donors (Lipinski definition) is 1. The third kappa shape index (κ3) is 6.48. The monoisotopic (exact) mass is 572 g/mol. The minimum Gasteiger partial charge on any atom is -0.493 e. The molecule has 2 fully saturated rings. The molecule has 1 aromatic heterocycles. The molecule has 1 amide bonds. The van der Waals surface area contributed by atoms with Crippen LogP contribution in [0.3, 0.4) is 0 Å². The van der Waals surface area contributed by atoms with Gasteiger partial charge in [-0.15, -0.1) is 0 Å². The Morgan fingerprint density at radius 1 is 1.00 bits per heavy atom. The van der Waals surface area contributed by atoms with Crippen LogP contribution >= 0.6 is 0 Å². The number of likely N-dealkylation sites (N-methyl/N-ethyl adjacent to an activating group) is 1. The Morgan fingerprint density at radius 2 is 1.73 bits per heavy atom. The van der Waals surface area contributed by atoms with Crippen LogP contribution in [0.15, 0.2) is 36.4 Å². The van der Waals surface area contributed by atoms with Gasteiger partial charge >= 0.3 is 6.18 Å². The highest BCUT2D eigenvalue weighted by atomic mass is 19.4. The van der Waals surface area contributed by atoms with Crippen molar-refractivity contribution < 1.29 is 27.4 Å². The molecule has 0 bridgehead atoms. The average Bonchev–Trinajstić information content (AvgIpc) is 3.58. The Kier molecular flexibility index (Phi) is 8.52. The number of piperidine rings is 1. The lowest BCUT2D eigenvalue weighted by atomic mass is 9.88. The standard InChI is InChI=1S/C31H39F3N4O3/c1-36(2)23-11-14-38(18-23)29(39)19-37-12-9-20(10-13-37)21-5-7-26-24(15-21)25(17-31(32,33)34)30(35-26)22-6-8-27(40-3)28(16-22)41-4/h5-8,15-16,20,23,35H,9-14,17-19H2,1-4H3/t23-/m0/s1. The van der Waals surface area contributed by atoms with Crippen LogP contribution in [0.5, 0.6) is 11.5 Å². The molecule has 0 unspecified atom stereocenters. The first kappa shape index (κ1) is 29.3. The van der Waals surface area contributed by atoms with E-state index in [4.69, 9.17) is 9.47 Å². The van der Waals surface area contributed by atoms with Gasteiger partial charge in [0.2, 0.25) is 5.91 Å². The third-order valence-electron chi connectivity index (χ3n) is 8.64. The molecule has 5 rings (SSSR count). The summed E-state index contributed by atoms with van der Waals surface area (Å²) in [7, 11) is 7.13. The quantitative estimate of drug-likeness (QED) is 0.397. The molecule has 2 aliphatic heterocycles. The van der Waals surface area contributed by atoms with Gasteiger partial charge in [-0.25, -0.2) is 0 Å². The van der Waals surface area contributed by atoms with Crippen molar-refractivity contribution in [1.29, 1.82) is 0 Å². The predicted molar refractivity (Wildman–Crippen MR) is 154 cm³/mol. The average molecular weight is 573 g/mol. The summed E-state index contributed by atoms with van der Waals surface area (Å²) in [6.07, 6.45) is -2.67. The van der Waals surface area contributed by atoms with Crippen LogP contribution in [0.2, 0.25) is 0 Å². The number of aromatic amines is 1. The van der Waals surface area contributed by atoms with Crippen molar-refractivity contribution in [3.8, 4) is 22.8 Å². The molecule has 0 radical (unpaired) electrons. The highest BCUT2D eigenvalue weighted by molar-refractivity contribution is 5.92. The highest BCUT2D eigenvalue weighted by Crippen LogP contribution is 2.40. The number of nitrogens with zero attached hydrogens (tertiary/aromatic N) is 3. The molecule has 222 valence electrons. The molecule has 7 nitrogen and oxygen atoms in total. The summed E-state index contributed by atoms with van der Waals surface area (Å²) < 4.78 is 52.1. The van der Waals surface area contributed by atoms with Gasteiger partial charge in [0.25, 0.3) is 0 Å². The minimum absolute atomic E-state index is 0.182. The number of rotatable bonds is 8. The molecule has 2 saturated heterocycles. The van der Waals surface area contributed by atoms with E-state index in [0.29, 0.717) is 46.2 Å². The molecular weight excluding hydrogens is 533 g/mol. The van der Waals surface area contributed by atoms with Gasteiger partial charge in [0.15, 0.2) is 11.5 Å². The van der Waals surface area contributed by atoms with E-state index in [2.05, 4.69) is 28.9 Å². The number of benzene rings is 2. The number of amides is 1. The second kappa shape index (κ2) is 11.9. The normalized spacial score (nSPS) is 18.9. The maximum atomic E-state index is 13.8. The Bertz CT molecular complexity index is 1380. The van der Waals surface area contributed by atoms with Crippen molar-refractivity contribution in [1.82, 2.24) is 19.7 Å². The van der Waals surface area contributed by atoms with Gasteiger partial charge in [-0.1, -0.05) is 6.07 Å². The zero-order chi connectivity index (χ0) is 29.3. The molecule has 3 heterocycles. The van der Waals surface area contributed by atoms with Crippen LogP contribution in [0.4, 0.5) is 13.2 Å². The van der Waals surface area contributed by atoms with Gasteiger partial charge in [-0.2, -0.15) is 13.2 Å². The number of fused-ring (bicyclic) bond motifs is 1. The van der Waals surface area contributed by atoms with E-state index in [1.54, 1.807) is 18.2 Å². The minimum atomic E-state index is -4.36. The largest absolute Gasteiger partial charge is 0.493 e. The summed E-state index contributed by atoms with van der Waals surface area (Å²) in [5.74, 6) is 1.38. The van der Waals surface area contributed by atoms with Gasteiger partial charge < -0.3 is 24.3 Å². The summed E-state index contributed by atoms with van der Waals surface area (Å²) in [6, 6.07) is 11.4. The zero-order valence-corrected chi connectivity index (χ0v) is 24.2. The van der Waals surface area contributed by atoms with Crippen molar-refractivity contribution in [2.45, 2.75) is 43.8 Å². The summed E-state index contributed by atoms with van der Waals surface area (Å²) in [5.41, 5.74) is 2.97. The highest BCUT2D eigenvalue weighted by Gasteiger charge is 2.33. The van der Waals surface area contributed by atoms with E-state index in [0.717, 1.165) is 51.0 Å². The SMILES string of the molecule is COc1ccc(-c2[nH]c3ccc(C4CCN(CC(=O)N5CC[C@H](N(C)C)C5)CC4)cc3c2CC(F)(F)F)cc1OC. The van der Waals surface area contributed by atoms with Gasteiger partial charge in [0.1, 0.15) is 0 Å².